The first-order chi connectivity index (χ1) is 10.5. The molecule has 0 aromatic rings. The number of aliphatic carboxylic acids is 2. The molecule has 0 unspecified atom stereocenters. The minimum Gasteiger partial charge on any atom is -0.481 e. The molecule has 0 atom stereocenters. The standard InChI is InChI=1S/C8H12O4.C8H16O2/c9-7(10)5-1-2-6(4-3-5)8(11)12;9-5-7-1-2-8(6-10)4-3-7/h5-6H,1-4H2,(H,9,10)(H,11,12);7-10H,1-6H2. The Labute approximate surface area is 131 Å². The average molecular weight is 316 g/mol. The minimum absolute atomic E-state index is 0.319. The van der Waals surface area contributed by atoms with Crippen LogP contribution in [0.5, 0.6) is 0 Å². The average Bonchev–Trinajstić information content (AvgIpc) is 2.55. The lowest BCUT2D eigenvalue weighted by Crippen LogP contribution is -2.25. The summed E-state index contributed by atoms with van der Waals surface area (Å²) in [5.74, 6) is -1.19. The van der Waals surface area contributed by atoms with Gasteiger partial charge < -0.3 is 20.4 Å². The molecule has 6 heteroatoms. The lowest BCUT2D eigenvalue weighted by Gasteiger charge is -2.25. The second-order valence-electron chi connectivity index (χ2n) is 6.48. The SMILES string of the molecule is O=C(O)C1CCC(C(=O)O)CC1.OCC1CCC(CO)CC1. The Morgan fingerprint density at radius 1 is 0.636 bits per heavy atom. The second-order valence-corrected chi connectivity index (χ2v) is 6.48. The highest BCUT2D eigenvalue weighted by Gasteiger charge is 2.29. The maximum Gasteiger partial charge on any atom is 0.306 e. The molecule has 2 rings (SSSR count). The first-order valence-corrected chi connectivity index (χ1v) is 8.15. The van der Waals surface area contributed by atoms with Crippen molar-refractivity contribution >= 4 is 11.9 Å². The summed E-state index contributed by atoms with van der Waals surface area (Å²) in [5, 5.41) is 34.8. The van der Waals surface area contributed by atoms with E-state index in [4.69, 9.17) is 20.4 Å². The molecule has 0 aromatic carbocycles. The normalized spacial score (nSPS) is 31.7. The van der Waals surface area contributed by atoms with Crippen LogP contribution in [0.15, 0.2) is 0 Å². The van der Waals surface area contributed by atoms with Crippen LogP contribution in [0.4, 0.5) is 0 Å². The zero-order valence-electron chi connectivity index (χ0n) is 13.0. The van der Waals surface area contributed by atoms with E-state index in [1.165, 1.54) is 0 Å². The van der Waals surface area contributed by atoms with Crippen molar-refractivity contribution in [1.29, 1.82) is 0 Å². The van der Waals surface area contributed by atoms with E-state index < -0.39 is 11.9 Å². The second kappa shape index (κ2) is 9.79. The Bertz CT molecular complexity index is 307. The van der Waals surface area contributed by atoms with Crippen molar-refractivity contribution in [2.75, 3.05) is 13.2 Å². The number of carbonyl (C=O) groups is 2. The molecule has 2 fully saturated rings. The Kier molecular flexibility index (Phi) is 8.42. The molecule has 2 aliphatic rings. The van der Waals surface area contributed by atoms with Gasteiger partial charge in [-0.25, -0.2) is 0 Å². The molecule has 0 bridgehead atoms. The van der Waals surface area contributed by atoms with Gasteiger partial charge in [-0.2, -0.15) is 0 Å². The first kappa shape index (κ1) is 18.9. The van der Waals surface area contributed by atoms with Gasteiger partial charge in [-0.3, -0.25) is 9.59 Å². The van der Waals surface area contributed by atoms with E-state index in [1.807, 2.05) is 0 Å². The van der Waals surface area contributed by atoms with Crippen molar-refractivity contribution in [2.24, 2.45) is 23.7 Å². The van der Waals surface area contributed by atoms with Crippen molar-refractivity contribution in [1.82, 2.24) is 0 Å². The largest absolute Gasteiger partial charge is 0.481 e. The van der Waals surface area contributed by atoms with Gasteiger partial charge in [-0.05, 0) is 63.2 Å². The van der Waals surface area contributed by atoms with Gasteiger partial charge in [-0.15, -0.1) is 0 Å². The van der Waals surface area contributed by atoms with Gasteiger partial charge in [0.2, 0.25) is 0 Å². The van der Waals surface area contributed by atoms with Crippen molar-refractivity contribution in [3.05, 3.63) is 0 Å². The summed E-state index contributed by atoms with van der Waals surface area (Å²) >= 11 is 0. The Hall–Kier alpha value is -1.14. The molecule has 4 N–H and O–H groups in total. The third kappa shape index (κ3) is 6.32. The molecule has 0 aliphatic heterocycles. The molecule has 0 spiro atoms. The van der Waals surface area contributed by atoms with E-state index in [2.05, 4.69) is 0 Å². The van der Waals surface area contributed by atoms with E-state index in [0.29, 0.717) is 50.7 Å². The molecule has 6 nitrogen and oxygen atoms in total. The molecular weight excluding hydrogens is 288 g/mol. The molecular formula is C16H28O6. The quantitative estimate of drug-likeness (QED) is 0.628. The van der Waals surface area contributed by atoms with E-state index in [-0.39, 0.29) is 11.8 Å². The number of aliphatic hydroxyl groups is 2. The summed E-state index contributed by atoms with van der Waals surface area (Å²) in [6.45, 7) is 0.663. The lowest BCUT2D eigenvalue weighted by molar-refractivity contribution is -0.148. The maximum atomic E-state index is 10.5. The molecule has 0 saturated heterocycles. The van der Waals surface area contributed by atoms with Gasteiger partial charge in [0.25, 0.3) is 0 Å². The van der Waals surface area contributed by atoms with Crippen LogP contribution in [0.3, 0.4) is 0 Å². The number of carboxylic acids is 2. The lowest BCUT2D eigenvalue weighted by atomic mass is 9.82. The molecule has 0 heterocycles. The fourth-order valence-electron chi connectivity index (χ4n) is 3.18. The fourth-order valence-corrected chi connectivity index (χ4v) is 3.18. The molecule has 128 valence electrons. The monoisotopic (exact) mass is 316 g/mol. The molecule has 2 aliphatic carbocycles. The summed E-state index contributed by atoms with van der Waals surface area (Å²) in [6.07, 6.45) is 6.42. The molecule has 22 heavy (non-hydrogen) atoms. The van der Waals surface area contributed by atoms with E-state index in [1.54, 1.807) is 0 Å². The summed E-state index contributed by atoms with van der Waals surface area (Å²) in [5.41, 5.74) is 0. The van der Waals surface area contributed by atoms with Gasteiger partial charge in [-0.1, -0.05) is 0 Å². The third-order valence-electron chi connectivity index (χ3n) is 4.91. The van der Waals surface area contributed by atoms with Gasteiger partial charge in [0.05, 0.1) is 11.8 Å². The van der Waals surface area contributed by atoms with Gasteiger partial charge in [0, 0.05) is 13.2 Å². The number of carboxylic acid groups (broad SMARTS) is 2. The Morgan fingerprint density at radius 3 is 1.09 bits per heavy atom. The summed E-state index contributed by atoms with van der Waals surface area (Å²) < 4.78 is 0. The third-order valence-corrected chi connectivity index (χ3v) is 4.91. The Balaban J connectivity index is 0.000000224. The number of hydrogen-bond acceptors (Lipinski definition) is 4. The van der Waals surface area contributed by atoms with Crippen molar-refractivity contribution in [3.63, 3.8) is 0 Å². The highest BCUT2D eigenvalue weighted by Crippen LogP contribution is 2.29. The predicted molar refractivity (Wildman–Crippen MR) is 80.3 cm³/mol. The number of hydrogen-bond donors (Lipinski definition) is 4. The van der Waals surface area contributed by atoms with Gasteiger partial charge in [0.15, 0.2) is 0 Å². The van der Waals surface area contributed by atoms with Crippen LogP contribution in [0.2, 0.25) is 0 Å². The van der Waals surface area contributed by atoms with Crippen molar-refractivity contribution < 1.29 is 30.0 Å². The highest BCUT2D eigenvalue weighted by atomic mass is 16.4. The molecule has 0 radical (unpaired) electrons. The number of aliphatic hydroxyl groups excluding tert-OH is 2. The predicted octanol–water partition coefficient (Wildman–Crippen LogP) is 1.74. The van der Waals surface area contributed by atoms with Gasteiger partial charge in [0.1, 0.15) is 0 Å². The topological polar surface area (TPSA) is 115 Å². The highest BCUT2D eigenvalue weighted by molar-refractivity contribution is 5.72. The van der Waals surface area contributed by atoms with Crippen molar-refractivity contribution in [2.45, 2.75) is 51.4 Å². The molecule has 0 aromatic heterocycles. The van der Waals surface area contributed by atoms with E-state index in [0.717, 1.165) is 25.7 Å². The fraction of sp³-hybridized carbons (Fsp3) is 0.875. The molecule has 2 saturated carbocycles. The van der Waals surface area contributed by atoms with Crippen LogP contribution in [-0.2, 0) is 9.59 Å². The summed E-state index contributed by atoms with van der Waals surface area (Å²) in [6, 6.07) is 0. The van der Waals surface area contributed by atoms with Crippen molar-refractivity contribution in [3.8, 4) is 0 Å². The van der Waals surface area contributed by atoms with Crippen LogP contribution in [-0.4, -0.2) is 45.6 Å². The van der Waals surface area contributed by atoms with E-state index >= 15 is 0 Å². The molecule has 0 amide bonds. The zero-order valence-corrected chi connectivity index (χ0v) is 13.0. The summed E-state index contributed by atoms with van der Waals surface area (Å²) in [7, 11) is 0. The van der Waals surface area contributed by atoms with Crippen LogP contribution in [0, 0.1) is 23.7 Å². The maximum absolute atomic E-state index is 10.5. The van der Waals surface area contributed by atoms with Crippen LogP contribution in [0.25, 0.3) is 0 Å². The van der Waals surface area contributed by atoms with Crippen LogP contribution in [0.1, 0.15) is 51.4 Å². The van der Waals surface area contributed by atoms with Crippen LogP contribution >= 0.6 is 0 Å². The van der Waals surface area contributed by atoms with Gasteiger partial charge >= 0.3 is 11.9 Å². The number of rotatable bonds is 4. The zero-order chi connectivity index (χ0) is 16.5. The minimum atomic E-state index is -0.793. The summed E-state index contributed by atoms with van der Waals surface area (Å²) in [4.78, 5) is 21.0. The van der Waals surface area contributed by atoms with Crippen LogP contribution < -0.4 is 0 Å². The smallest absolute Gasteiger partial charge is 0.306 e. The van der Waals surface area contributed by atoms with E-state index in [9.17, 15) is 9.59 Å². The first-order valence-electron chi connectivity index (χ1n) is 8.15. The Morgan fingerprint density at radius 2 is 0.909 bits per heavy atom.